The Morgan fingerprint density at radius 1 is 1.15 bits per heavy atom. The Bertz CT molecular complexity index is 1000. The van der Waals surface area contributed by atoms with Crippen molar-refractivity contribution in [3.8, 4) is 0 Å². The van der Waals surface area contributed by atoms with E-state index in [2.05, 4.69) is 28.9 Å². The fourth-order valence-corrected chi connectivity index (χ4v) is 2.82. The van der Waals surface area contributed by atoms with E-state index in [0.29, 0.717) is 0 Å². The Kier molecular flexibility index (Phi) is 5.03. The molecule has 0 atom stereocenters. The molecule has 0 radical (unpaired) electrons. The van der Waals surface area contributed by atoms with E-state index in [-0.39, 0.29) is 11.6 Å². The molecule has 1 amide bonds. The van der Waals surface area contributed by atoms with E-state index in [4.69, 9.17) is 0 Å². The van der Waals surface area contributed by atoms with Crippen molar-refractivity contribution in [2.75, 3.05) is 0 Å². The highest BCUT2D eigenvalue weighted by atomic mass is 19.4. The molecule has 3 aromatic rings. The molecule has 140 valence electrons. The molecule has 0 aliphatic rings. The fourth-order valence-electron chi connectivity index (χ4n) is 2.82. The highest BCUT2D eigenvalue weighted by molar-refractivity contribution is 6.00. The van der Waals surface area contributed by atoms with Crippen LogP contribution in [-0.4, -0.2) is 16.7 Å². The molecule has 0 unspecified atom stereocenters. The van der Waals surface area contributed by atoms with E-state index in [0.717, 1.165) is 28.6 Å². The van der Waals surface area contributed by atoms with Crippen LogP contribution in [0.1, 0.15) is 41.4 Å². The Hall–Kier alpha value is -3.09. The van der Waals surface area contributed by atoms with Crippen molar-refractivity contribution < 1.29 is 18.0 Å². The normalized spacial score (nSPS) is 12.2. The Balaban J connectivity index is 1.80. The van der Waals surface area contributed by atoms with Crippen LogP contribution in [0.25, 0.3) is 10.9 Å². The molecule has 2 aromatic carbocycles. The largest absolute Gasteiger partial charge is 0.416 e. The van der Waals surface area contributed by atoms with Crippen LogP contribution in [0.5, 0.6) is 0 Å². The van der Waals surface area contributed by atoms with Crippen molar-refractivity contribution in [3.05, 3.63) is 71.4 Å². The zero-order valence-electron chi connectivity index (χ0n) is 14.8. The van der Waals surface area contributed by atoms with Crippen LogP contribution in [0.3, 0.4) is 0 Å². The number of halogens is 3. The first-order chi connectivity index (χ1) is 12.8. The molecule has 3 rings (SSSR count). The van der Waals surface area contributed by atoms with Gasteiger partial charge in [0.1, 0.15) is 0 Å². The van der Waals surface area contributed by atoms with E-state index < -0.39 is 17.6 Å². The second kappa shape index (κ2) is 7.26. The number of para-hydroxylation sites is 1. The molecule has 0 saturated heterocycles. The van der Waals surface area contributed by atoms with Crippen molar-refractivity contribution in [1.29, 1.82) is 0 Å². The van der Waals surface area contributed by atoms with Crippen molar-refractivity contribution in [2.24, 2.45) is 5.10 Å². The molecular formula is C20H18F3N3O. The molecule has 1 heterocycles. The average molecular weight is 373 g/mol. The number of carbonyl (C=O) groups excluding carboxylic acids is 1. The number of fused-ring (bicyclic) bond motifs is 1. The molecule has 0 fully saturated rings. The van der Waals surface area contributed by atoms with Gasteiger partial charge in [0.05, 0.1) is 11.8 Å². The van der Waals surface area contributed by atoms with Gasteiger partial charge in [-0.05, 0) is 38.1 Å². The van der Waals surface area contributed by atoms with Crippen LogP contribution in [0.2, 0.25) is 0 Å². The number of hydrogen-bond acceptors (Lipinski definition) is 2. The summed E-state index contributed by atoms with van der Waals surface area (Å²) in [5.74, 6) is -0.704. The molecule has 0 aliphatic carbocycles. The van der Waals surface area contributed by atoms with Gasteiger partial charge in [-0.15, -0.1) is 0 Å². The monoisotopic (exact) mass is 373 g/mol. The molecule has 7 heteroatoms. The summed E-state index contributed by atoms with van der Waals surface area (Å²) in [6.45, 7) is 4.12. The van der Waals surface area contributed by atoms with Crippen molar-refractivity contribution >= 4 is 23.0 Å². The number of benzene rings is 2. The van der Waals surface area contributed by atoms with Crippen molar-refractivity contribution in [2.45, 2.75) is 26.1 Å². The maximum Gasteiger partial charge on any atom is 0.416 e. The van der Waals surface area contributed by atoms with Gasteiger partial charge in [-0.2, -0.15) is 18.3 Å². The zero-order chi connectivity index (χ0) is 19.6. The summed E-state index contributed by atoms with van der Waals surface area (Å²) in [5, 5.41) is 4.89. The first-order valence-electron chi connectivity index (χ1n) is 8.37. The highest BCUT2D eigenvalue weighted by Gasteiger charge is 2.30. The second-order valence-corrected chi connectivity index (χ2v) is 6.38. The third-order valence-corrected chi connectivity index (χ3v) is 4.15. The Labute approximate surface area is 154 Å². The van der Waals surface area contributed by atoms with Gasteiger partial charge in [-0.3, -0.25) is 4.79 Å². The number of hydrazone groups is 1. The number of aromatic nitrogens is 1. The summed E-state index contributed by atoms with van der Waals surface area (Å²) in [6, 6.07) is 12.3. The third kappa shape index (κ3) is 4.02. The number of carbonyl (C=O) groups is 1. The maximum absolute atomic E-state index is 12.8. The number of hydrogen-bond donors (Lipinski definition) is 1. The molecule has 4 nitrogen and oxygen atoms in total. The molecule has 27 heavy (non-hydrogen) atoms. The molecule has 1 N–H and O–H groups in total. The molecule has 0 bridgehead atoms. The van der Waals surface area contributed by atoms with Crippen LogP contribution in [0.4, 0.5) is 13.2 Å². The van der Waals surface area contributed by atoms with Crippen molar-refractivity contribution in [3.63, 3.8) is 0 Å². The lowest BCUT2D eigenvalue weighted by Gasteiger charge is -2.08. The van der Waals surface area contributed by atoms with Gasteiger partial charge in [-0.1, -0.05) is 24.3 Å². The predicted octanol–water partition coefficient (Wildman–Crippen LogP) is 5.00. The Morgan fingerprint density at radius 3 is 2.59 bits per heavy atom. The van der Waals surface area contributed by atoms with E-state index >= 15 is 0 Å². The second-order valence-electron chi connectivity index (χ2n) is 6.38. The van der Waals surface area contributed by atoms with Gasteiger partial charge in [0.2, 0.25) is 0 Å². The van der Waals surface area contributed by atoms with Crippen LogP contribution in [0, 0.1) is 0 Å². The summed E-state index contributed by atoms with van der Waals surface area (Å²) >= 11 is 0. The minimum Gasteiger partial charge on any atom is -0.344 e. The molecule has 0 aliphatic heterocycles. The molecule has 1 aromatic heterocycles. The number of alkyl halides is 3. The third-order valence-electron chi connectivity index (χ3n) is 4.15. The number of rotatable bonds is 4. The lowest BCUT2D eigenvalue weighted by Crippen LogP contribution is -2.18. The molecule has 0 spiro atoms. The van der Waals surface area contributed by atoms with Gasteiger partial charge >= 0.3 is 6.18 Å². The SMILES string of the molecule is CC(C)n1cc(C=NNC(=O)c2cccc(C(F)(F)F)c2)c2ccccc21. The minimum atomic E-state index is -4.50. The summed E-state index contributed by atoms with van der Waals surface area (Å²) in [7, 11) is 0. The first-order valence-corrected chi connectivity index (χ1v) is 8.37. The van der Waals surface area contributed by atoms with Gasteiger partial charge in [0.15, 0.2) is 0 Å². The highest BCUT2D eigenvalue weighted by Crippen LogP contribution is 2.29. The van der Waals surface area contributed by atoms with Crippen LogP contribution in [0.15, 0.2) is 59.8 Å². The lowest BCUT2D eigenvalue weighted by atomic mass is 10.1. The quantitative estimate of drug-likeness (QED) is 0.507. The standard InChI is InChI=1S/C20H18F3N3O/c1-13(2)26-12-15(17-8-3-4-9-18(17)26)11-24-25-19(27)14-6-5-7-16(10-14)20(21,22)23/h3-13H,1-2H3,(H,25,27). The molecule has 0 saturated carbocycles. The van der Waals surface area contributed by atoms with Gasteiger partial charge in [0.25, 0.3) is 5.91 Å². The molecular weight excluding hydrogens is 355 g/mol. The van der Waals surface area contributed by atoms with Gasteiger partial charge in [0, 0.05) is 34.3 Å². The topological polar surface area (TPSA) is 46.4 Å². The van der Waals surface area contributed by atoms with Crippen molar-refractivity contribution in [1.82, 2.24) is 9.99 Å². The first kappa shape index (κ1) is 18.7. The van der Waals surface area contributed by atoms with E-state index in [1.807, 2.05) is 30.5 Å². The fraction of sp³-hybridized carbons (Fsp3) is 0.200. The minimum absolute atomic E-state index is 0.105. The van der Waals surface area contributed by atoms with Crippen LogP contribution in [-0.2, 0) is 6.18 Å². The van der Waals surface area contributed by atoms with Crippen LogP contribution >= 0.6 is 0 Å². The summed E-state index contributed by atoms with van der Waals surface area (Å²) in [5.41, 5.74) is 3.15. The summed E-state index contributed by atoms with van der Waals surface area (Å²) in [4.78, 5) is 12.1. The van der Waals surface area contributed by atoms with Gasteiger partial charge < -0.3 is 4.57 Å². The zero-order valence-corrected chi connectivity index (χ0v) is 14.8. The van der Waals surface area contributed by atoms with Gasteiger partial charge in [-0.25, -0.2) is 5.43 Å². The number of nitrogens with zero attached hydrogens (tertiary/aromatic N) is 2. The smallest absolute Gasteiger partial charge is 0.344 e. The summed E-state index contributed by atoms with van der Waals surface area (Å²) < 4.78 is 40.4. The summed E-state index contributed by atoms with van der Waals surface area (Å²) in [6.07, 6.45) is -1.08. The van der Waals surface area contributed by atoms with E-state index in [1.54, 1.807) is 0 Å². The average Bonchev–Trinajstić information content (AvgIpc) is 3.00. The predicted molar refractivity (Wildman–Crippen MR) is 98.8 cm³/mol. The number of nitrogens with one attached hydrogen (secondary N) is 1. The van der Waals surface area contributed by atoms with E-state index in [9.17, 15) is 18.0 Å². The maximum atomic E-state index is 12.8. The lowest BCUT2D eigenvalue weighted by molar-refractivity contribution is -0.137. The van der Waals surface area contributed by atoms with Crippen LogP contribution < -0.4 is 5.43 Å². The Morgan fingerprint density at radius 2 is 1.89 bits per heavy atom. The number of amides is 1. The van der Waals surface area contributed by atoms with E-state index in [1.165, 1.54) is 18.3 Å².